The van der Waals surface area contributed by atoms with Crippen LogP contribution in [0.1, 0.15) is 40.0 Å². The van der Waals surface area contributed by atoms with Gasteiger partial charge in [0, 0.05) is 13.2 Å². The molecule has 0 aromatic carbocycles. The maximum Gasteiger partial charge on any atom is 0.233 e. The Morgan fingerprint density at radius 2 is 1.55 bits per heavy atom. The number of amides is 2. The van der Waals surface area contributed by atoms with Crippen molar-refractivity contribution in [2.45, 2.75) is 46.3 Å². The fraction of sp³-hybridized carbons (Fsp3) is 0.867. The van der Waals surface area contributed by atoms with E-state index in [9.17, 15) is 9.59 Å². The number of imide groups is 1. The maximum atomic E-state index is 12.4. The zero-order valence-electron chi connectivity index (χ0n) is 12.6. The summed E-state index contributed by atoms with van der Waals surface area (Å²) in [4.78, 5) is 26.2. The highest BCUT2D eigenvalue weighted by atomic mass is 16.7. The van der Waals surface area contributed by atoms with E-state index in [2.05, 4.69) is 6.92 Å². The minimum atomic E-state index is -0.501. The predicted molar refractivity (Wildman–Crippen MR) is 73.8 cm³/mol. The zero-order valence-corrected chi connectivity index (χ0v) is 12.6. The summed E-state index contributed by atoms with van der Waals surface area (Å²) >= 11 is 0. The molecule has 2 atom stereocenters. The highest BCUT2D eigenvalue weighted by molar-refractivity contribution is 6.05. The van der Waals surface area contributed by atoms with E-state index >= 15 is 0 Å². The Kier molecular flexibility index (Phi) is 5.16. The van der Waals surface area contributed by atoms with Crippen LogP contribution in [0.3, 0.4) is 0 Å². The van der Waals surface area contributed by atoms with Crippen LogP contribution < -0.4 is 0 Å². The van der Waals surface area contributed by atoms with Crippen LogP contribution >= 0.6 is 0 Å². The monoisotopic (exact) mass is 283 g/mol. The number of fused-ring (bicyclic) bond motifs is 1. The summed E-state index contributed by atoms with van der Waals surface area (Å²) in [6.07, 6.45) is 2.26. The van der Waals surface area contributed by atoms with Crippen molar-refractivity contribution in [1.82, 2.24) is 4.90 Å². The molecule has 0 radical (unpaired) electrons. The second kappa shape index (κ2) is 6.68. The summed E-state index contributed by atoms with van der Waals surface area (Å²) in [6.45, 7) is 7.11. The lowest BCUT2D eigenvalue weighted by atomic mass is 10.00. The molecule has 0 N–H and O–H groups in total. The lowest BCUT2D eigenvalue weighted by Crippen LogP contribution is -2.40. The van der Waals surface area contributed by atoms with Gasteiger partial charge in [-0.05, 0) is 32.6 Å². The van der Waals surface area contributed by atoms with Crippen LogP contribution in [0.5, 0.6) is 0 Å². The van der Waals surface area contributed by atoms with Crippen LogP contribution in [0.25, 0.3) is 0 Å². The molecule has 0 aromatic heterocycles. The molecule has 0 aromatic rings. The van der Waals surface area contributed by atoms with E-state index in [1.165, 1.54) is 4.90 Å². The molecule has 2 unspecified atom stereocenters. The number of hydrogen-bond donors (Lipinski definition) is 0. The number of rotatable bonds is 7. The average Bonchev–Trinajstić information content (AvgIpc) is 2.95. The smallest absolute Gasteiger partial charge is 0.233 e. The maximum absolute atomic E-state index is 12.4. The van der Waals surface area contributed by atoms with Crippen molar-refractivity contribution in [3.05, 3.63) is 0 Å². The number of likely N-dealkylation sites (tertiary alicyclic amines) is 1. The fourth-order valence-corrected chi connectivity index (χ4v) is 3.39. The quantitative estimate of drug-likeness (QED) is 0.528. The summed E-state index contributed by atoms with van der Waals surface area (Å²) in [5.74, 6) is 0.267. The molecule has 2 aliphatic rings. The molecular weight excluding hydrogens is 258 g/mol. The molecule has 1 saturated carbocycles. The summed E-state index contributed by atoms with van der Waals surface area (Å²) in [5.41, 5.74) is 0. The van der Waals surface area contributed by atoms with Gasteiger partial charge in [0.1, 0.15) is 0 Å². The number of ether oxygens (including phenoxy) is 2. The first kappa shape index (κ1) is 15.4. The molecule has 20 heavy (non-hydrogen) atoms. The minimum absolute atomic E-state index is 0.0274. The molecule has 1 saturated heterocycles. The van der Waals surface area contributed by atoms with Gasteiger partial charge in [-0.1, -0.05) is 13.3 Å². The van der Waals surface area contributed by atoms with Gasteiger partial charge < -0.3 is 9.47 Å². The molecule has 5 heteroatoms. The first-order valence-corrected chi connectivity index (χ1v) is 7.70. The summed E-state index contributed by atoms with van der Waals surface area (Å²) < 4.78 is 10.9. The molecular formula is C15H25NO4. The van der Waals surface area contributed by atoms with Crippen LogP contribution in [0.15, 0.2) is 0 Å². The van der Waals surface area contributed by atoms with Gasteiger partial charge in [-0.15, -0.1) is 0 Å². The van der Waals surface area contributed by atoms with Gasteiger partial charge in [0.2, 0.25) is 11.8 Å². The molecule has 2 fully saturated rings. The van der Waals surface area contributed by atoms with Crippen LogP contribution in [0, 0.1) is 17.8 Å². The van der Waals surface area contributed by atoms with Crippen LogP contribution in [0.4, 0.5) is 0 Å². The van der Waals surface area contributed by atoms with Gasteiger partial charge in [-0.3, -0.25) is 14.5 Å². The van der Waals surface area contributed by atoms with Crippen molar-refractivity contribution < 1.29 is 19.1 Å². The van der Waals surface area contributed by atoms with Crippen LogP contribution in [-0.4, -0.2) is 42.8 Å². The molecule has 5 nitrogen and oxygen atoms in total. The molecule has 114 valence electrons. The highest BCUT2D eigenvalue weighted by Gasteiger charge is 2.52. The lowest BCUT2D eigenvalue weighted by molar-refractivity contribution is -0.164. The minimum Gasteiger partial charge on any atom is -0.351 e. The molecule has 1 heterocycles. The molecule has 1 aliphatic carbocycles. The lowest BCUT2D eigenvalue weighted by Gasteiger charge is -2.23. The van der Waals surface area contributed by atoms with Crippen molar-refractivity contribution >= 4 is 11.8 Å². The predicted octanol–water partition coefficient (Wildman–Crippen LogP) is 1.81. The van der Waals surface area contributed by atoms with Gasteiger partial charge in [-0.2, -0.15) is 0 Å². The summed E-state index contributed by atoms with van der Waals surface area (Å²) in [7, 11) is 0. The summed E-state index contributed by atoms with van der Waals surface area (Å²) in [6, 6.07) is 0. The molecule has 1 aliphatic heterocycles. The van der Waals surface area contributed by atoms with E-state index < -0.39 is 6.29 Å². The SMILES string of the molecule is CCOC(CN1C(=O)C2CC(CC)CC2C1=O)OCC. The fourth-order valence-electron chi connectivity index (χ4n) is 3.39. The Balaban J connectivity index is 2.00. The van der Waals surface area contributed by atoms with Crippen molar-refractivity contribution in [3.63, 3.8) is 0 Å². The van der Waals surface area contributed by atoms with Crippen molar-refractivity contribution in [1.29, 1.82) is 0 Å². The van der Waals surface area contributed by atoms with Gasteiger partial charge in [0.05, 0.1) is 18.4 Å². The van der Waals surface area contributed by atoms with Crippen LogP contribution in [-0.2, 0) is 19.1 Å². The van der Waals surface area contributed by atoms with E-state index in [0.29, 0.717) is 19.1 Å². The Morgan fingerprint density at radius 3 is 1.95 bits per heavy atom. The second-order valence-electron chi connectivity index (χ2n) is 5.59. The molecule has 2 rings (SSSR count). The zero-order chi connectivity index (χ0) is 14.7. The largest absolute Gasteiger partial charge is 0.351 e. The standard InChI is InChI=1S/C15H25NO4/c1-4-10-7-11-12(8-10)15(18)16(14(11)17)9-13(19-5-2)20-6-3/h10-13H,4-9H2,1-3H3. The molecule has 0 bridgehead atoms. The first-order valence-electron chi connectivity index (χ1n) is 7.70. The second-order valence-corrected chi connectivity index (χ2v) is 5.59. The van der Waals surface area contributed by atoms with E-state index in [-0.39, 0.29) is 30.2 Å². The van der Waals surface area contributed by atoms with Gasteiger partial charge in [0.15, 0.2) is 6.29 Å². The Morgan fingerprint density at radius 1 is 1.05 bits per heavy atom. The van der Waals surface area contributed by atoms with Gasteiger partial charge in [-0.25, -0.2) is 0 Å². The third-order valence-corrected chi connectivity index (χ3v) is 4.44. The first-order chi connectivity index (χ1) is 9.62. The number of carbonyl (C=O) groups excluding carboxylic acids is 2. The molecule has 2 amide bonds. The van der Waals surface area contributed by atoms with Crippen molar-refractivity contribution in [2.24, 2.45) is 17.8 Å². The molecule has 0 spiro atoms. The van der Waals surface area contributed by atoms with E-state index in [0.717, 1.165) is 19.3 Å². The normalized spacial score (nSPS) is 29.6. The third-order valence-electron chi connectivity index (χ3n) is 4.44. The number of nitrogens with zero attached hydrogens (tertiary/aromatic N) is 1. The average molecular weight is 283 g/mol. The van der Waals surface area contributed by atoms with E-state index in [4.69, 9.17) is 9.47 Å². The Labute approximate surface area is 120 Å². The van der Waals surface area contributed by atoms with Gasteiger partial charge in [0.25, 0.3) is 0 Å². The number of carbonyl (C=O) groups is 2. The van der Waals surface area contributed by atoms with Gasteiger partial charge >= 0.3 is 0 Å². The topological polar surface area (TPSA) is 55.8 Å². The van der Waals surface area contributed by atoms with Crippen LogP contribution in [0.2, 0.25) is 0 Å². The van der Waals surface area contributed by atoms with E-state index in [1.807, 2.05) is 13.8 Å². The van der Waals surface area contributed by atoms with Crippen molar-refractivity contribution in [3.8, 4) is 0 Å². The third kappa shape index (κ3) is 2.88. The van der Waals surface area contributed by atoms with Crippen molar-refractivity contribution in [2.75, 3.05) is 19.8 Å². The highest BCUT2D eigenvalue weighted by Crippen LogP contribution is 2.44. The Hall–Kier alpha value is -0.940. The number of hydrogen-bond acceptors (Lipinski definition) is 4. The van der Waals surface area contributed by atoms with E-state index in [1.54, 1.807) is 0 Å². The summed E-state index contributed by atoms with van der Waals surface area (Å²) in [5, 5.41) is 0. The Bertz CT molecular complexity index is 341.